The molecular formula is C15H17BO8S. The number of hydrogen-bond acceptors (Lipinski definition) is 8. The molecule has 0 amide bonds. The lowest BCUT2D eigenvalue weighted by atomic mass is 10.2. The average Bonchev–Trinajstić information content (AvgIpc) is 2.54. The van der Waals surface area contributed by atoms with E-state index < -0.39 is 17.4 Å². The lowest BCUT2D eigenvalue weighted by molar-refractivity contribution is 0.0493. The van der Waals surface area contributed by atoms with E-state index in [-0.39, 0.29) is 28.9 Å². The van der Waals surface area contributed by atoms with Gasteiger partial charge in [-0.05, 0) is 31.2 Å². The largest absolute Gasteiger partial charge is 0.707 e. The Balaban J connectivity index is 2.27. The average molecular weight is 368 g/mol. The first-order valence-electron chi connectivity index (χ1n) is 7.11. The molecule has 0 fully saturated rings. The van der Waals surface area contributed by atoms with Crippen LogP contribution >= 0.6 is 0 Å². The molecular weight excluding hydrogens is 351 g/mol. The fourth-order valence-corrected chi connectivity index (χ4v) is 2.79. The van der Waals surface area contributed by atoms with Crippen molar-refractivity contribution in [3.63, 3.8) is 0 Å². The van der Waals surface area contributed by atoms with Crippen LogP contribution in [0.5, 0.6) is 17.2 Å². The second-order valence-electron chi connectivity index (χ2n) is 4.95. The Morgan fingerprint density at radius 1 is 1.04 bits per heavy atom. The first-order chi connectivity index (χ1) is 11.8. The number of ether oxygens (including phenoxy) is 2. The van der Waals surface area contributed by atoms with Gasteiger partial charge in [0.2, 0.25) is 0 Å². The summed E-state index contributed by atoms with van der Waals surface area (Å²) >= 11 is 0. The van der Waals surface area contributed by atoms with Crippen LogP contribution in [0.4, 0.5) is 0 Å². The molecule has 8 nitrogen and oxygen atoms in total. The van der Waals surface area contributed by atoms with Gasteiger partial charge in [0.15, 0.2) is 12.5 Å². The number of benzene rings is 2. The monoisotopic (exact) mass is 368 g/mol. The van der Waals surface area contributed by atoms with Crippen molar-refractivity contribution in [3.05, 3.63) is 48.0 Å². The van der Waals surface area contributed by atoms with Crippen molar-refractivity contribution < 1.29 is 36.8 Å². The van der Waals surface area contributed by atoms with Gasteiger partial charge in [-0.1, -0.05) is 17.7 Å². The zero-order chi connectivity index (χ0) is 18.4. The second kappa shape index (κ2) is 8.21. The van der Waals surface area contributed by atoms with Crippen LogP contribution in [0.25, 0.3) is 0 Å². The highest BCUT2D eigenvalue weighted by molar-refractivity contribution is 7.87. The molecule has 25 heavy (non-hydrogen) atoms. The Hall–Kier alpha value is -2.27. The van der Waals surface area contributed by atoms with Crippen molar-refractivity contribution in [1.29, 1.82) is 0 Å². The standard InChI is InChI=1S/C15H17BO8S/c1-11-3-6-13(7-4-11)25(19,20)24-12-5-8-14(23-16(17)18)15(9-12)22-10-21-2/h3-9,17-18H,10H2,1-2H3. The van der Waals surface area contributed by atoms with Crippen molar-refractivity contribution >= 4 is 17.4 Å². The normalized spacial score (nSPS) is 11.0. The Kier molecular flexibility index (Phi) is 6.26. The summed E-state index contributed by atoms with van der Waals surface area (Å²) in [7, 11) is -4.70. The van der Waals surface area contributed by atoms with E-state index in [1.165, 1.54) is 37.4 Å². The van der Waals surface area contributed by atoms with Gasteiger partial charge < -0.3 is 28.4 Å². The summed E-state index contributed by atoms with van der Waals surface area (Å²) < 4.78 is 44.4. The molecule has 0 aromatic heterocycles. The van der Waals surface area contributed by atoms with Crippen molar-refractivity contribution in [2.24, 2.45) is 0 Å². The van der Waals surface area contributed by atoms with Crippen LogP contribution in [0, 0.1) is 6.92 Å². The highest BCUT2D eigenvalue weighted by Gasteiger charge is 2.20. The molecule has 2 aromatic rings. The maximum Gasteiger partial charge on any atom is 0.707 e. The van der Waals surface area contributed by atoms with Crippen LogP contribution in [-0.2, 0) is 14.9 Å². The predicted octanol–water partition coefficient (Wildman–Crippen LogP) is 1.09. The first-order valence-corrected chi connectivity index (χ1v) is 8.52. The fraction of sp³-hybridized carbons (Fsp3) is 0.200. The van der Waals surface area contributed by atoms with Crippen LogP contribution in [-0.4, -0.2) is 39.7 Å². The van der Waals surface area contributed by atoms with Crippen LogP contribution < -0.4 is 13.6 Å². The molecule has 2 N–H and O–H groups in total. The van der Waals surface area contributed by atoms with Gasteiger partial charge in [-0.2, -0.15) is 8.42 Å². The molecule has 0 atom stereocenters. The Morgan fingerprint density at radius 3 is 2.32 bits per heavy atom. The van der Waals surface area contributed by atoms with Crippen molar-refractivity contribution in [3.8, 4) is 17.2 Å². The Bertz CT molecular complexity index is 805. The summed E-state index contributed by atoms with van der Waals surface area (Å²) in [4.78, 5) is 0.00330. The summed E-state index contributed by atoms with van der Waals surface area (Å²) in [5.74, 6) is -0.0369. The number of aryl methyl sites for hydroxylation is 1. The predicted molar refractivity (Wildman–Crippen MR) is 88.8 cm³/mol. The smallest absolute Gasteiger partial charge is 0.509 e. The minimum absolute atomic E-state index is 0.00330. The lowest BCUT2D eigenvalue weighted by Crippen LogP contribution is -2.21. The number of rotatable bonds is 8. The molecule has 2 rings (SSSR count). The van der Waals surface area contributed by atoms with E-state index in [1.54, 1.807) is 12.1 Å². The van der Waals surface area contributed by atoms with Crippen LogP contribution in [0.1, 0.15) is 5.56 Å². The van der Waals surface area contributed by atoms with E-state index in [1.807, 2.05) is 6.92 Å². The van der Waals surface area contributed by atoms with Crippen LogP contribution in [0.2, 0.25) is 0 Å². The molecule has 0 saturated carbocycles. The first kappa shape index (κ1) is 19.1. The van der Waals surface area contributed by atoms with Gasteiger partial charge in [0.1, 0.15) is 16.4 Å². The highest BCUT2D eigenvalue weighted by Crippen LogP contribution is 2.33. The zero-order valence-corrected chi connectivity index (χ0v) is 14.4. The molecule has 0 aliphatic carbocycles. The molecule has 0 aliphatic rings. The maximum absolute atomic E-state index is 12.3. The van der Waals surface area contributed by atoms with Crippen LogP contribution in [0.15, 0.2) is 47.4 Å². The summed E-state index contributed by atoms with van der Waals surface area (Å²) in [5.41, 5.74) is 0.915. The minimum atomic E-state index is -4.03. The quantitative estimate of drug-likeness (QED) is 0.405. The van der Waals surface area contributed by atoms with Gasteiger partial charge in [-0.25, -0.2) is 0 Å². The Labute approximate surface area is 145 Å². The topological polar surface area (TPSA) is 112 Å². The SMILES string of the molecule is COCOc1cc(OS(=O)(=O)c2ccc(C)cc2)ccc1OB(O)O. The molecule has 0 saturated heterocycles. The molecule has 0 unspecified atom stereocenters. The minimum Gasteiger partial charge on any atom is -0.509 e. The lowest BCUT2D eigenvalue weighted by Gasteiger charge is -2.14. The molecule has 134 valence electrons. The molecule has 10 heteroatoms. The van der Waals surface area contributed by atoms with Gasteiger partial charge >= 0.3 is 17.4 Å². The summed E-state index contributed by atoms with van der Waals surface area (Å²) in [6.45, 7) is 1.68. The van der Waals surface area contributed by atoms with E-state index in [2.05, 4.69) is 0 Å². The molecule has 0 aliphatic heterocycles. The molecule has 0 heterocycles. The highest BCUT2D eigenvalue weighted by atomic mass is 32.2. The maximum atomic E-state index is 12.3. The number of hydrogen-bond donors (Lipinski definition) is 2. The molecule has 0 bridgehead atoms. The third kappa shape index (κ3) is 5.36. The number of methoxy groups -OCH3 is 1. The van der Waals surface area contributed by atoms with Gasteiger partial charge in [0, 0.05) is 13.2 Å². The second-order valence-corrected chi connectivity index (χ2v) is 6.50. The van der Waals surface area contributed by atoms with E-state index in [4.69, 9.17) is 28.4 Å². The van der Waals surface area contributed by atoms with E-state index >= 15 is 0 Å². The molecule has 0 spiro atoms. The third-order valence-corrected chi connectivity index (χ3v) is 4.26. The van der Waals surface area contributed by atoms with Crippen LogP contribution in [0.3, 0.4) is 0 Å². The van der Waals surface area contributed by atoms with E-state index in [0.717, 1.165) is 5.56 Å². The van der Waals surface area contributed by atoms with Crippen molar-refractivity contribution in [2.45, 2.75) is 11.8 Å². The molecule has 0 radical (unpaired) electrons. The Morgan fingerprint density at radius 2 is 1.72 bits per heavy atom. The third-order valence-electron chi connectivity index (χ3n) is 3.00. The zero-order valence-electron chi connectivity index (χ0n) is 13.6. The van der Waals surface area contributed by atoms with E-state index in [0.29, 0.717) is 0 Å². The fourth-order valence-electron chi connectivity index (χ4n) is 1.87. The van der Waals surface area contributed by atoms with Gasteiger partial charge in [-0.15, -0.1) is 0 Å². The molecule has 2 aromatic carbocycles. The summed E-state index contributed by atoms with van der Waals surface area (Å²) in [5, 5.41) is 17.8. The van der Waals surface area contributed by atoms with E-state index in [9.17, 15) is 8.42 Å². The van der Waals surface area contributed by atoms with Crippen molar-refractivity contribution in [2.75, 3.05) is 13.9 Å². The van der Waals surface area contributed by atoms with Gasteiger partial charge in [0.05, 0.1) is 0 Å². The van der Waals surface area contributed by atoms with Crippen molar-refractivity contribution in [1.82, 2.24) is 0 Å². The van der Waals surface area contributed by atoms with Gasteiger partial charge in [-0.3, -0.25) is 0 Å². The van der Waals surface area contributed by atoms with Gasteiger partial charge in [0.25, 0.3) is 0 Å². The summed E-state index contributed by atoms with van der Waals surface area (Å²) in [6, 6.07) is 10.0. The summed E-state index contributed by atoms with van der Waals surface area (Å²) in [6.07, 6.45) is 0.